The molecule has 21 heavy (non-hydrogen) atoms. The molecule has 0 radical (unpaired) electrons. The van der Waals surface area contributed by atoms with Crippen molar-refractivity contribution in [3.63, 3.8) is 0 Å². The lowest BCUT2D eigenvalue weighted by Gasteiger charge is -2.10. The van der Waals surface area contributed by atoms with Crippen LogP contribution in [0.2, 0.25) is 15.1 Å². The third-order valence-electron chi connectivity index (χ3n) is 2.59. The highest BCUT2D eigenvalue weighted by Crippen LogP contribution is 2.38. The van der Waals surface area contributed by atoms with Crippen LogP contribution in [0.25, 0.3) is 0 Å². The molecule has 0 aliphatic rings. The van der Waals surface area contributed by atoms with Gasteiger partial charge in [0.25, 0.3) is 0 Å². The first-order valence-electron chi connectivity index (χ1n) is 5.99. The number of aromatic nitrogens is 1. The molecule has 0 unspecified atom stereocenters. The Bertz CT molecular complexity index is 665. The monoisotopic (exact) mass is 364 g/mol. The van der Waals surface area contributed by atoms with Gasteiger partial charge in [-0.15, -0.1) is 0 Å². The molecule has 1 aromatic carbocycles. The topological polar surface area (TPSA) is 51.2 Å². The number of benzene rings is 1. The lowest BCUT2D eigenvalue weighted by Crippen LogP contribution is -2.07. The Balaban J connectivity index is 2.39. The Morgan fingerprint density at radius 1 is 1.33 bits per heavy atom. The Morgan fingerprint density at radius 2 is 1.95 bits per heavy atom. The van der Waals surface area contributed by atoms with Gasteiger partial charge in [-0.1, -0.05) is 34.8 Å². The predicted octanol–water partition coefficient (Wildman–Crippen LogP) is 5.33. The zero-order valence-corrected chi connectivity index (χ0v) is 14.3. The molecule has 2 aromatic rings. The summed E-state index contributed by atoms with van der Waals surface area (Å²) in [7, 11) is 0. The van der Waals surface area contributed by atoms with Crippen LogP contribution >= 0.6 is 46.3 Å². The summed E-state index contributed by atoms with van der Waals surface area (Å²) in [6.45, 7) is 3.77. The van der Waals surface area contributed by atoms with Gasteiger partial charge in [0, 0.05) is 5.02 Å². The highest BCUT2D eigenvalue weighted by Gasteiger charge is 2.21. The Morgan fingerprint density at radius 3 is 2.52 bits per heavy atom. The summed E-state index contributed by atoms with van der Waals surface area (Å²) in [6.07, 6.45) is 0. The van der Waals surface area contributed by atoms with E-state index in [0.717, 1.165) is 11.5 Å². The molecule has 0 saturated heterocycles. The number of aryl methyl sites for hydroxylation is 1. The number of anilines is 2. The van der Waals surface area contributed by atoms with E-state index in [2.05, 4.69) is 9.69 Å². The molecule has 0 amide bonds. The minimum absolute atomic E-state index is 0.288. The molecule has 4 nitrogen and oxygen atoms in total. The van der Waals surface area contributed by atoms with Gasteiger partial charge >= 0.3 is 5.97 Å². The maximum absolute atomic E-state index is 12.0. The number of rotatable bonds is 4. The van der Waals surface area contributed by atoms with Crippen LogP contribution in [-0.2, 0) is 4.74 Å². The number of nitrogens with zero attached hydrogens (tertiary/aromatic N) is 1. The molecular formula is C13H11Cl3N2O2S. The summed E-state index contributed by atoms with van der Waals surface area (Å²) >= 11 is 19.2. The van der Waals surface area contributed by atoms with E-state index in [1.807, 2.05) is 0 Å². The third-order valence-corrected chi connectivity index (χ3v) is 4.26. The number of nitrogens with one attached hydrogen (secondary N) is 1. The van der Waals surface area contributed by atoms with Crippen LogP contribution in [0.5, 0.6) is 0 Å². The number of carbonyl (C=O) groups excluding carboxylic acids is 1. The normalized spacial score (nSPS) is 10.5. The first-order valence-corrected chi connectivity index (χ1v) is 7.89. The van der Waals surface area contributed by atoms with E-state index < -0.39 is 5.97 Å². The van der Waals surface area contributed by atoms with Crippen molar-refractivity contribution in [2.24, 2.45) is 0 Å². The second-order valence-electron chi connectivity index (χ2n) is 4.06. The first-order chi connectivity index (χ1) is 9.93. The largest absolute Gasteiger partial charge is 0.462 e. The summed E-state index contributed by atoms with van der Waals surface area (Å²) < 4.78 is 9.18. The molecule has 1 N–H and O–H groups in total. The molecule has 1 heterocycles. The van der Waals surface area contributed by atoms with Crippen LogP contribution < -0.4 is 5.32 Å². The van der Waals surface area contributed by atoms with Gasteiger partial charge in [0.15, 0.2) is 0 Å². The molecule has 112 valence electrons. The minimum Gasteiger partial charge on any atom is -0.462 e. The summed E-state index contributed by atoms with van der Waals surface area (Å²) in [5.41, 5.74) is 1.43. The van der Waals surface area contributed by atoms with Gasteiger partial charge in [0.2, 0.25) is 0 Å². The lowest BCUT2D eigenvalue weighted by atomic mass is 10.2. The number of halogens is 3. The van der Waals surface area contributed by atoms with E-state index in [1.165, 1.54) is 0 Å². The van der Waals surface area contributed by atoms with E-state index >= 15 is 0 Å². The number of ether oxygens (including phenoxy) is 1. The van der Waals surface area contributed by atoms with E-state index in [0.29, 0.717) is 37.0 Å². The minimum atomic E-state index is -0.438. The Kier molecular flexibility index (Phi) is 5.32. The molecular weight excluding hydrogens is 355 g/mol. The van der Waals surface area contributed by atoms with Crippen molar-refractivity contribution in [3.8, 4) is 0 Å². The van der Waals surface area contributed by atoms with Crippen molar-refractivity contribution in [1.29, 1.82) is 0 Å². The fraction of sp³-hybridized carbons (Fsp3) is 0.231. The molecule has 0 spiro atoms. The van der Waals surface area contributed by atoms with Crippen LogP contribution in [0.15, 0.2) is 12.1 Å². The van der Waals surface area contributed by atoms with Crippen molar-refractivity contribution in [3.05, 3.63) is 38.5 Å². The van der Waals surface area contributed by atoms with E-state index in [4.69, 9.17) is 39.5 Å². The lowest BCUT2D eigenvalue weighted by molar-refractivity contribution is 0.0527. The SMILES string of the molecule is CCOC(=O)c1c(C)nsc1Nc1c(Cl)cc(Cl)cc1Cl. The van der Waals surface area contributed by atoms with Crippen molar-refractivity contribution in [1.82, 2.24) is 4.37 Å². The van der Waals surface area contributed by atoms with Crippen LogP contribution in [0.4, 0.5) is 10.7 Å². The quantitative estimate of drug-likeness (QED) is 0.744. The van der Waals surface area contributed by atoms with Crippen LogP contribution in [-0.4, -0.2) is 16.9 Å². The van der Waals surface area contributed by atoms with Gasteiger partial charge in [-0.05, 0) is 37.5 Å². The van der Waals surface area contributed by atoms with Crippen molar-refractivity contribution in [2.75, 3.05) is 11.9 Å². The molecule has 8 heteroatoms. The van der Waals surface area contributed by atoms with Gasteiger partial charge in [-0.2, -0.15) is 4.37 Å². The summed E-state index contributed by atoms with van der Waals surface area (Å²) in [5.74, 6) is -0.438. The zero-order valence-electron chi connectivity index (χ0n) is 11.2. The summed E-state index contributed by atoms with van der Waals surface area (Å²) in [4.78, 5) is 12.0. The van der Waals surface area contributed by atoms with E-state index in [1.54, 1.807) is 26.0 Å². The second kappa shape index (κ2) is 6.83. The first kappa shape index (κ1) is 16.4. The number of hydrogen-bond donors (Lipinski definition) is 1. The standard InChI is InChI=1S/C13H11Cl3N2O2S/c1-3-20-13(19)10-6(2)18-21-12(10)17-11-8(15)4-7(14)5-9(11)16/h4-5,17H,3H2,1-2H3. The molecule has 1 aromatic heterocycles. The summed E-state index contributed by atoms with van der Waals surface area (Å²) in [6, 6.07) is 3.13. The number of hydrogen-bond acceptors (Lipinski definition) is 5. The van der Waals surface area contributed by atoms with Gasteiger partial charge in [0.1, 0.15) is 10.6 Å². The van der Waals surface area contributed by atoms with E-state index in [-0.39, 0.29) is 6.61 Å². The van der Waals surface area contributed by atoms with Crippen LogP contribution in [0, 0.1) is 6.92 Å². The van der Waals surface area contributed by atoms with Gasteiger partial charge in [-0.25, -0.2) is 4.79 Å². The number of carbonyl (C=O) groups is 1. The summed E-state index contributed by atoms with van der Waals surface area (Å²) in [5, 5.41) is 4.70. The highest BCUT2D eigenvalue weighted by atomic mass is 35.5. The smallest absolute Gasteiger partial charge is 0.343 e. The fourth-order valence-corrected chi connectivity index (χ4v) is 3.37. The molecule has 0 aliphatic heterocycles. The van der Waals surface area contributed by atoms with Crippen molar-refractivity contribution in [2.45, 2.75) is 13.8 Å². The maximum Gasteiger partial charge on any atom is 0.343 e. The predicted molar refractivity (Wildman–Crippen MR) is 87.6 cm³/mol. The molecule has 0 fully saturated rings. The molecule has 0 bridgehead atoms. The average Bonchev–Trinajstić information content (AvgIpc) is 2.75. The Hall–Kier alpha value is -1.01. The van der Waals surface area contributed by atoms with E-state index in [9.17, 15) is 4.79 Å². The fourth-order valence-electron chi connectivity index (χ4n) is 1.67. The second-order valence-corrected chi connectivity index (χ2v) is 6.09. The third kappa shape index (κ3) is 3.61. The van der Waals surface area contributed by atoms with Gasteiger partial charge in [-0.3, -0.25) is 0 Å². The van der Waals surface area contributed by atoms with Crippen LogP contribution in [0.1, 0.15) is 23.0 Å². The average molecular weight is 366 g/mol. The van der Waals surface area contributed by atoms with Gasteiger partial charge < -0.3 is 10.1 Å². The zero-order chi connectivity index (χ0) is 15.6. The van der Waals surface area contributed by atoms with Crippen molar-refractivity contribution >= 4 is 63.0 Å². The molecule has 0 aliphatic carbocycles. The molecule has 0 saturated carbocycles. The number of esters is 1. The maximum atomic E-state index is 12.0. The Labute approximate surface area is 141 Å². The van der Waals surface area contributed by atoms with Crippen molar-refractivity contribution < 1.29 is 9.53 Å². The van der Waals surface area contributed by atoms with Crippen LogP contribution in [0.3, 0.4) is 0 Å². The molecule has 0 atom stereocenters. The van der Waals surface area contributed by atoms with Gasteiger partial charge in [0.05, 0.1) is 28.0 Å². The molecule has 2 rings (SSSR count). The highest BCUT2D eigenvalue weighted by molar-refractivity contribution is 7.10.